The van der Waals surface area contributed by atoms with Crippen LogP contribution in [0, 0.1) is 0 Å². The van der Waals surface area contributed by atoms with Gasteiger partial charge in [-0.25, -0.2) is 0 Å². The normalized spacial score (nSPS) is 17.5. The molecule has 1 fully saturated rings. The van der Waals surface area contributed by atoms with E-state index >= 15 is 0 Å². The first-order valence-corrected chi connectivity index (χ1v) is 7.34. The van der Waals surface area contributed by atoms with E-state index < -0.39 is 0 Å². The minimum Gasteiger partial charge on any atom is -0.507 e. The van der Waals surface area contributed by atoms with E-state index in [0.29, 0.717) is 10.6 Å². The molecule has 2 rings (SSSR count). The topological polar surface area (TPSA) is 49.3 Å². The maximum Gasteiger partial charge on any atom is 0.255 e. The van der Waals surface area contributed by atoms with Gasteiger partial charge in [0.15, 0.2) is 0 Å². The first-order valence-electron chi connectivity index (χ1n) is 6.96. The van der Waals surface area contributed by atoms with E-state index in [0.717, 1.165) is 25.7 Å². The average Bonchev–Trinajstić information content (AvgIpc) is 2.32. The fourth-order valence-electron chi connectivity index (χ4n) is 2.56. The summed E-state index contributed by atoms with van der Waals surface area (Å²) in [6, 6.07) is 4.81. The molecule has 1 aromatic carbocycles. The number of benzene rings is 1. The van der Waals surface area contributed by atoms with E-state index in [1.54, 1.807) is 12.1 Å². The fraction of sp³-hybridized carbons (Fsp3) is 0.533. The standard InChI is InChI=1S/C15H20ClNO2/c16-11-8-9-13(14(18)10-11)15(19)17-12-6-4-2-1-3-5-7-12/h8-10,12,18H,1-7H2,(H,17,19). The molecule has 0 heterocycles. The molecule has 1 saturated carbocycles. The number of halogens is 1. The highest BCUT2D eigenvalue weighted by atomic mass is 35.5. The van der Waals surface area contributed by atoms with Crippen molar-refractivity contribution >= 4 is 17.5 Å². The average molecular weight is 282 g/mol. The predicted molar refractivity (Wildman–Crippen MR) is 76.7 cm³/mol. The zero-order chi connectivity index (χ0) is 13.7. The Hall–Kier alpha value is -1.22. The summed E-state index contributed by atoms with van der Waals surface area (Å²) in [7, 11) is 0. The van der Waals surface area contributed by atoms with Gasteiger partial charge in [0.2, 0.25) is 0 Å². The molecule has 19 heavy (non-hydrogen) atoms. The molecule has 0 unspecified atom stereocenters. The number of nitrogens with one attached hydrogen (secondary N) is 1. The van der Waals surface area contributed by atoms with Crippen LogP contribution in [0.5, 0.6) is 5.75 Å². The number of phenols is 1. The molecule has 4 heteroatoms. The third-order valence-corrected chi connectivity index (χ3v) is 3.88. The molecule has 0 bridgehead atoms. The number of hydrogen-bond donors (Lipinski definition) is 2. The minimum atomic E-state index is -0.209. The molecule has 3 nitrogen and oxygen atoms in total. The van der Waals surface area contributed by atoms with E-state index in [2.05, 4.69) is 5.32 Å². The van der Waals surface area contributed by atoms with Crippen LogP contribution in [-0.2, 0) is 0 Å². The lowest BCUT2D eigenvalue weighted by molar-refractivity contribution is 0.0928. The number of amides is 1. The number of hydrogen-bond acceptors (Lipinski definition) is 2. The first-order chi connectivity index (χ1) is 9.16. The summed E-state index contributed by atoms with van der Waals surface area (Å²) in [6.45, 7) is 0. The molecule has 0 spiro atoms. The van der Waals surface area contributed by atoms with Gasteiger partial charge in [-0.05, 0) is 31.0 Å². The molecule has 0 saturated heterocycles. The fourth-order valence-corrected chi connectivity index (χ4v) is 2.73. The summed E-state index contributed by atoms with van der Waals surface area (Å²) >= 11 is 5.76. The molecular weight excluding hydrogens is 262 g/mol. The maximum absolute atomic E-state index is 12.1. The van der Waals surface area contributed by atoms with Crippen molar-refractivity contribution in [2.45, 2.75) is 51.0 Å². The van der Waals surface area contributed by atoms with Crippen LogP contribution in [0.15, 0.2) is 18.2 Å². The van der Waals surface area contributed by atoms with E-state index in [4.69, 9.17) is 11.6 Å². The molecule has 1 amide bonds. The van der Waals surface area contributed by atoms with Crippen molar-refractivity contribution in [3.8, 4) is 5.75 Å². The van der Waals surface area contributed by atoms with Crippen LogP contribution in [0.2, 0.25) is 5.02 Å². The van der Waals surface area contributed by atoms with Crippen LogP contribution >= 0.6 is 11.6 Å². The van der Waals surface area contributed by atoms with Crippen LogP contribution in [0.3, 0.4) is 0 Å². The van der Waals surface area contributed by atoms with Gasteiger partial charge < -0.3 is 10.4 Å². The molecule has 104 valence electrons. The first kappa shape index (κ1) is 14.2. The van der Waals surface area contributed by atoms with Gasteiger partial charge in [-0.1, -0.05) is 43.7 Å². The van der Waals surface area contributed by atoms with Crippen molar-refractivity contribution in [3.63, 3.8) is 0 Å². The summed E-state index contributed by atoms with van der Waals surface area (Å²) in [4.78, 5) is 12.1. The molecule has 0 aliphatic heterocycles. The van der Waals surface area contributed by atoms with Crippen LogP contribution in [0.25, 0.3) is 0 Å². The van der Waals surface area contributed by atoms with Crippen molar-refractivity contribution in [1.82, 2.24) is 5.32 Å². The second-order valence-electron chi connectivity index (χ2n) is 5.18. The number of phenolic OH excluding ortho intramolecular Hbond substituents is 1. The van der Waals surface area contributed by atoms with Crippen LogP contribution < -0.4 is 5.32 Å². The summed E-state index contributed by atoms with van der Waals surface area (Å²) in [5, 5.41) is 13.2. The lowest BCUT2D eigenvalue weighted by Gasteiger charge is -2.21. The Kier molecular flexibility index (Phi) is 5.08. The zero-order valence-electron chi connectivity index (χ0n) is 11.0. The molecule has 0 atom stereocenters. The Morgan fingerprint density at radius 3 is 2.42 bits per heavy atom. The molecular formula is C15H20ClNO2. The van der Waals surface area contributed by atoms with E-state index in [1.807, 2.05) is 0 Å². The van der Waals surface area contributed by atoms with Crippen molar-refractivity contribution in [3.05, 3.63) is 28.8 Å². The third kappa shape index (κ3) is 4.13. The van der Waals surface area contributed by atoms with Gasteiger partial charge in [0.05, 0.1) is 5.56 Å². The second kappa shape index (κ2) is 6.80. The van der Waals surface area contributed by atoms with Gasteiger partial charge >= 0.3 is 0 Å². The van der Waals surface area contributed by atoms with Gasteiger partial charge in [0.1, 0.15) is 5.75 Å². The van der Waals surface area contributed by atoms with Gasteiger partial charge in [0.25, 0.3) is 5.91 Å². The maximum atomic E-state index is 12.1. The van der Waals surface area contributed by atoms with Crippen LogP contribution in [0.1, 0.15) is 55.3 Å². The monoisotopic (exact) mass is 281 g/mol. The molecule has 0 radical (unpaired) electrons. The lowest BCUT2D eigenvalue weighted by Crippen LogP contribution is -2.35. The van der Waals surface area contributed by atoms with Crippen molar-refractivity contribution in [2.24, 2.45) is 0 Å². The highest BCUT2D eigenvalue weighted by molar-refractivity contribution is 6.30. The number of carbonyl (C=O) groups excluding carboxylic acids is 1. The van der Waals surface area contributed by atoms with Crippen LogP contribution in [0.4, 0.5) is 0 Å². The third-order valence-electron chi connectivity index (χ3n) is 3.64. The lowest BCUT2D eigenvalue weighted by atomic mass is 9.96. The SMILES string of the molecule is O=C(NC1CCCCCCC1)c1ccc(Cl)cc1O. The van der Waals surface area contributed by atoms with E-state index in [-0.39, 0.29) is 17.7 Å². The highest BCUT2D eigenvalue weighted by Gasteiger charge is 2.17. The number of aromatic hydroxyl groups is 1. The minimum absolute atomic E-state index is 0.0594. The van der Waals surface area contributed by atoms with Crippen LogP contribution in [-0.4, -0.2) is 17.1 Å². The number of carbonyl (C=O) groups is 1. The summed E-state index contributed by atoms with van der Waals surface area (Å²) in [5.74, 6) is -0.268. The molecule has 1 aliphatic rings. The van der Waals surface area contributed by atoms with Crippen molar-refractivity contribution < 1.29 is 9.90 Å². The Bertz CT molecular complexity index is 440. The predicted octanol–water partition coefficient (Wildman–Crippen LogP) is 3.89. The quantitative estimate of drug-likeness (QED) is 0.864. The summed E-state index contributed by atoms with van der Waals surface area (Å²) in [5.41, 5.74) is 0.298. The summed E-state index contributed by atoms with van der Waals surface area (Å²) < 4.78 is 0. The van der Waals surface area contributed by atoms with Gasteiger partial charge in [-0.15, -0.1) is 0 Å². The Morgan fingerprint density at radius 2 is 1.79 bits per heavy atom. The highest BCUT2D eigenvalue weighted by Crippen LogP contribution is 2.23. The Balaban J connectivity index is 1.99. The Morgan fingerprint density at radius 1 is 1.16 bits per heavy atom. The summed E-state index contributed by atoms with van der Waals surface area (Å²) in [6.07, 6.45) is 8.19. The number of rotatable bonds is 2. The van der Waals surface area contributed by atoms with E-state index in [1.165, 1.54) is 25.3 Å². The van der Waals surface area contributed by atoms with Crippen molar-refractivity contribution in [1.29, 1.82) is 0 Å². The van der Waals surface area contributed by atoms with Gasteiger partial charge in [-0.2, -0.15) is 0 Å². The smallest absolute Gasteiger partial charge is 0.255 e. The van der Waals surface area contributed by atoms with Gasteiger partial charge in [-0.3, -0.25) is 4.79 Å². The molecule has 0 aromatic heterocycles. The Labute approximate surface area is 119 Å². The molecule has 1 aromatic rings. The molecule has 1 aliphatic carbocycles. The van der Waals surface area contributed by atoms with E-state index in [9.17, 15) is 9.90 Å². The molecule has 2 N–H and O–H groups in total. The van der Waals surface area contributed by atoms with Gasteiger partial charge in [0, 0.05) is 11.1 Å². The van der Waals surface area contributed by atoms with Crippen molar-refractivity contribution in [2.75, 3.05) is 0 Å². The zero-order valence-corrected chi connectivity index (χ0v) is 11.7. The largest absolute Gasteiger partial charge is 0.507 e. The second-order valence-corrected chi connectivity index (χ2v) is 5.61.